The van der Waals surface area contributed by atoms with Crippen molar-refractivity contribution in [2.24, 2.45) is 0 Å². The molecule has 34 heavy (non-hydrogen) atoms. The van der Waals surface area contributed by atoms with Gasteiger partial charge in [-0.1, -0.05) is 91.0 Å². The topological polar surface area (TPSA) is 131 Å². The second kappa shape index (κ2) is 10.2. The number of hydrogen-bond acceptors (Lipinski definition) is 7. The van der Waals surface area contributed by atoms with Crippen molar-refractivity contribution in [2.75, 3.05) is 0 Å². The third-order valence-electron chi connectivity index (χ3n) is 4.88. The van der Waals surface area contributed by atoms with E-state index in [4.69, 9.17) is 9.47 Å². The fourth-order valence-electron chi connectivity index (χ4n) is 3.29. The third kappa shape index (κ3) is 5.16. The van der Waals surface area contributed by atoms with Gasteiger partial charge >= 0.3 is 17.6 Å². The van der Waals surface area contributed by atoms with Gasteiger partial charge in [0.05, 0.1) is 0 Å². The molecule has 0 radical (unpaired) electrons. The monoisotopic (exact) mass is 457 g/mol. The number of hydrogen-bond donors (Lipinski definition) is 2. The Kier molecular flexibility index (Phi) is 6.73. The van der Waals surface area contributed by atoms with Crippen LogP contribution in [-0.4, -0.2) is 27.1 Å². The maximum absolute atomic E-state index is 13.3. The Bertz CT molecular complexity index is 1350. The summed E-state index contributed by atoms with van der Waals surface area (Å²) in [4.78, 5) is 51.1. The maximum Gasteiger partial charge on any atom is 0.365 e. The van der Waals surface area contributed by atoms with Crippen LogP contribution in [0.1, 0.15) is 39.4 Å². The van der Waals surface area contributed by atoms with E-state index in [0.29, 0.717) is 5.56 Å². The number of aromatic nitrogens is 3. The van der Waals surface area contributed by atoms with Gasteiger partial charge in [-0.05, 0) is 11.1 Å². The van der Waals surface area contributed by atoms with E-state index in [-0.39, 0.29) is 0 Å². The second-order valence-corrected chi connectivity index (χ2v) is 7.19. The summed E-state index contributed by atoms with van der Waals surface area (Å²) in [6.45, 7) is 0. The first kappa shape index (κ1) is 22.4. The second-order valence-electron chi connectivity index (χ2n) is 7.19. The predicted molar refractivity (Wildman–Crippen MR) is 121 cm³/mol. The Balaban J connectivity index is 1.67. The molecule has 3 aromatic carbocycles. The van der Waals surface area contributed by atoms with Crippen molar-refractivity contribution in [3.8, 4) is 0 Å². The summed E-state index contributed by atoms with van der Waals surface area (Å²) >= 11 is 0. The molecular weight excluding hydrogens is 438 g/mol. The molecule has 1 atom stereocenters. The molecule has 2 N–H and O–H groups in total. The van der Waals surface area contributed by atoms with Crippen LogP contribution in [0.3, 0.4) is 0 Å². The molecule has 4 rings (SSSR count). The van der Waals surface area contributed by atoms with Crippen LogP contribution in [0.2, 0.25) is 0 Å². The summed E-state index contributed by atoms with van der Waals surface area (Å²) in [6.07, 6.45) is -2.26. The molecule has 1 unspecified atom stereocenters. The molecule has 0 saturated carbocycles. The highest BCUT2D eigenvalue weighted by Crippen LogP contribution is 2.29. The Morgan fingerprint density at radius 2 is 1.21 bits per heavy atom. The predicted octanol–water partition coefficient (Wildman–Crippen LogP) is 2.69. The SMILES string of the molecule is O=C(OC(C(=O)OC(c1ccccc1)c1ccccc1)c1ccccc1)c1n[nH]c(=O)[nH]c1=O. The van der Waals surface area contributed by atoms with E-state index in [1.807, 2.05) is 70.7 Å². The van der Waals surface area contributed by atoms with Crippen molar-refractivity contribution in [1.82, 2.24) is 15.2 Å². The van der Waals surface area contributed by atoms with E-state index in [9.17, 15) is 19.2 Å². The third-order valence-corrected chi connectivity index (χ3v) is 4.88. The molecule has 9 heteroatoms. The van der Waals surface area contributed by atoms with Crippen LogP contribution in [-0.2, 0) is 14.3 Å². The molecular formula is C25H19N3O6. The lowest BCUT2D eigenvalue weighted by atomic mass is 10.0. The van der Waals surface area contributed by atoms with Crippen LogP contribution in [0.4, 0.5) is 0 Å². The van der Waals surface area contributed by atoms with E-state index < -0.39 is 41.1 Å². The molecule has 170 valence electrons. The zero-order valence-corrected chi connectivity index (χ0v) is 17.7. The van der Waals surface area contributed by atoms with Crippen LogP contribution in [0, 0.1) is 0 Å². The molecule has 0 amide bonds. The van der Waals surface area contributed by atoms with Gasteiger partial charge in [-0.15, -0.1) is 0 Å². The molecule has 4 aromatic rings. The van der Waals surface area contributed by atoms with Crippen LogP contribution < -0.4 is 11.2 Å². The Morgan fingerprint density at radius 3 is 1.71 bits per heavy atom. The lowest BCUT2D eigenvalue weighted by Crippen LogP contribution is -2.32. The minimum atomic E-state index is -1.49. The number of ether oxygens (including phenoxy) is 2. The summed E-state index contributed by atoms with van der Waals surface area (Å²) in [6, 6.07) is 26.5. The highest BCUT2D eigenvalue weighted by molar-refractivity contribution is 5.89. The number of nitrogens with one attached hydrogen (secondary N) is 2. The molecule has 9 nitrogen and oxygen atoms in total. The summed E-state index contributed by atoms with van der Waals surface area (Å²) in [5.74, 6) is -2.04. The smallest absolute Gasteiger partial charge is 0.365 e. The quantitative estimate of drug-likeness (QED) is 0.408. The number of rotatable bonds is 7. The number of carbonyl (C=O) groups is 2. The van der Waals surface area contributed by atoms with Crippen molar-refractivity contribution < 1.29 is 19.1 Å². The fraction of sp³-hybridized carbons (Fsp3) is 0.0800. The highest BCUT2D eigenvalue weighted by Gasteiger charge is 2.31. The van der Waals surface area contributed by atoms with Gasteiger partial charge < -0.3 is 9.47 Å². The van der Waals surface area contributed by atoms with E-state index >= 15 is 0 Å². The molecule has 0 aliphatic rings. The van der Waals surface area contributed by atoms with Crippen LogP contribution >= 0.6 is 0 Å². The van der Waals surface area contributed by atoms with E-state index in [0.717, 1.165) is 11.1 Å². The van der Waals surface area contributed by atoms with Crippen LogP contribution in [0.25, 0.3) is 0 Å². The zero-order chi connectivity index (χ0) is 23.9. The Labute approximate surface area is 193 Å². The van der Waals surface area contributed by atoms with Crippen molar-refractivity contribution in [3.05, 3.63) is 134 Å². The zero-order valence-electron chi connectivity index (χ0n) is 17.7. The molecule has 0 spiro atoms. The number of H-pyrrole nitrogens is 2. The number of aromatic amines is 2. The fourth-order valence-corrected chi connectivity index (χ4v) is 3.29. The van der Waals surface area contributed by atoms with E-state index in [1.54, 1.807) is 30.3 Å². The van der Waals surface area contributed by atoms with Gasteiger partial charge in [-0.3, -0.25) is 9.78 Å². The summed E-state index contributed by atoms with van der Waals surface area (Å²) < 4.78 is 11.2. The lowest BCUT2D eigenvalue weighted by molar-refractivity contribution is -0.158. The molecule has 0 fully saturated rings. The van der Waals surface area contributed by atoms with Crippen molar-refractivity contribution >= 4 is 11.9 Å². The highest BCUT2D eigenvalue weighted by atomic mass is 16.6. The first-order chi connectivity index (χ1) is 16.5. The molecule has 1 aromatic heterocycles. The van der Waals surface area contributed by atoms with Crippen molar-refractivity contribution in [2.45, 2.75) is 12.2 Å². The van der Waals surface area contributed by atoms with Crippen molar-refractivity contribution in [3.63, 3.8) is 0 Å². The van der Waals surface area contributed by atoms with Gasteiger partial charge in [0.1, 0.15) is 0 Å². The average molecular weight is 457 g/mol. The lowest BCUT2D eigenvalue weighted by Gasteiger charge is -2.23. The summed E-state index contributed by atoms with van der Waals surface area (Å²) in [5.41, 5.74) is -0.843. The molecule has 0 bridgehead atoms. The molecule has 0 aliphatic heterocycles. The molecule has 0 saturated heterocycles. The largest absolute Gasteiger partial charge is 0.450 e. The average Bonchev–Trinajstić information content (AvgIpc) is 2.87. The van der Waals surface area contributed by atoms with Gasteiger partial charge in [-0.2, -0.15) is 5.10 Å². The first-order valence-corrected chi connectivity index (χ1v) is 10.3. The number of esters is 2. The number of carbonyl (C=O) groups excluding carboxylic acids is 2. The van der Waals surface area contributed by atoms with Gasteiger partial charge in [0.25, 0.3) is 5.56 Å². The normalized spacial score (nSPS) is 11.6. The van der Waals surface area contributed by atoms with E-state index in [1.165, 1.54) is 0 Å². The maximum atomic E-state index is 13.3. The molecule has 0 aliphatic carbocycles. The molecule has 1 heterocycles. The minimum Gasteiger partial charge on any atom is -0.450 e. The Morgan fingerprint density at radius 1 is 0.706 bits per heavy atom. The van der Waals surface area contributed by atoms with Gasteiger partial charge in [0, 0.05) is 5.56 Å². The van der Waals surface area contributed by atoms with Gasteiger partial charge in [0.2, 0.25) is 11.8 Å². The van der Waals surface area contributed by atoms with E-state index in [2.05, 4.69) is 5.10 Å². The van der Waals surface area contributed by atoms with Crippen LogP contribution in [0.15, 0.2) is 101 Å². The Hall–Kier alpha value is -4.79. The summed E-state index contributed by atoms with van der Waals surface area (Å²) in [5, 5.41) is 5.39. The standard InChI is InChI=1S/C25H19N3O6/c29-22-19(27-28-25(32)26-22)23(30)34-21(18-14-8-3-9-15-18)24(31)33-20(16-10-4-1-5-11-16)17-12-6-2-7-13-17/h1-15,20-21H,(H2,26,28,29,32). The minimum absolute atomic E-state index is 0.335. The first-order valence-electron chi connectivity index (χ1n) is 10.3. The van der Waals surface area contributed by atoms with Crippen LogP contribution in [0.5, 0.6) is 0 Å². The van der Waals surface area contributed by atoms with Crippen molar-refractivity contribution in [1.29, 1.82) is 0 Å². The number of benzene rings is 3. The van der Waals surface area contributed by atoms with Gasteiger partial charge in [0.15, 0.2) is 6.10 Å². The number of nitrogens with zero attached hydrogens (tertiary/aromatic N) is 1. The van der Waals surface area contributed by atoms with Gasteiger partial charge in [-0.25, -0.2) is 19.5 Å². The summed E-state index contributed by atoms with van der Waals surface area (Å²) in [7, 11) is 0.